The molecule has 7 nitrogen and oxygen atoms in total. The average Bonchev–Trinajstić information content (AvgIpc) is 3.56. The monoisotopic (exact) mass is 476 g/mol. The molecule has 2 atom stereocenters. The molecule has 1 saturated carbocycles. The molecular formula is C23H28N2O5S2. The van der Waals surface area contributed by atoms with Gasteiger partial charge in [-0.3, -0.25) is 4.79 Å². The summed E-state index contributed by atoms with van der Waals surface area (Å²) >= 11 is 1.28. The fourth-order valence-corrected chi connectivity index (χ4v) is 7.44. The summed E-state index contributed by atoms with van der Waals surface area (Å²) in [4.78, 5) is 14.2. The SMILES string of the molecule is Cc1ccc(S(=O)(=O)N2CCCC(C(=O)NC(c3ccc4c(c3)OCCO4)C3CC3)C2)s1. The molecule has 1 amide bonds. The van der Waals surface area contributed by atoms with Crippen molar-refractivity contribution >= 4 is 27.3 Å². The summed E-state index contributed by atoms with van der Waals surface area (Å²) < 4.78 is 39.3. The number of rotatable bonds is 6. The minimum atomic E-state index is -3.56. The predicted molar refractivity (Wildman–Crippen MR) is 122 cm³/mol. The highest BCUT2D eigenvalue weighted by molar-refractivity contribution is 7.91. The van der Waals surface area contributed by atoms with Crippen molar-refractivity contribution in [3.8, 4) is 11.5 Å². The zero-order valence-electron chi connectivity index (χ0n) is 18.1. The maximum atomic E-state index is 13.2. The molecular weight excluding hydrogens is 448 g/mol. The van der Waals surface area contributed by atoms with Gasteiger partial charge >= 0.3 is 0 Å². The Morgan fingerprint density at radius 1 is 1.12 bits per heavy atom. The summed E-state index contributed by atoms with van der Waals surface area (Å²) in [5.74, 6) is 1.43. The number of piperidine rings is 1. The quantitative estimate of drug-likeness (QED) is 0.690. The van der Waals surface area contributed by atoms with Crippen molar-refractivity contribution in [1.82, 2.24) is 9.62 Å². The summed E-state index contributed by atoms with van der Waals surface area (Å²) in [6.45, 7) is 3.64. The molecule has 1 N–H and O–H groups in total. The number of carbonyl (C=O) groups is 1. The molecule has 1 saturated heterocycles. The topological polar surface area (TPSA) is 84.9 Å². The second-order valence-corrected chi connectivity index (χ2v) is 12.2. The van der Waals surface area contributed by atoms with E-state index in [9.17, 15) is 13.2 Å². The minimum Gasteiger partial charge on any atom is -0.486 e. The van der Waals surface area contributed by atoms with Gasteiger partial charge < -0.3 is 14.8 Å². The van der Waals surface area contributed by atoms with Crippen molar-refractivity contribution < 1.29 is 22.7 Å². The number of ether oxygens (including phenoxy) is 2. The average molecular weight is 477 g/mol. The van der Waals surface area contributed by atoms with E-state index in [4.69, 9.17) is 9.47 Å². The van der Waals surface area contributed by atoms with Crippen LogP contribution in [0.25, 0.3) is 0 Å². The van der Waals surface area contributed by atoms with Crippen LogP contribution in [0.3, 0.4) is 0 Å². The van der Waals surface area contributed by atoms with Gasteiger partial charge in [0, 0.05) is 18.0 Å². The summed E-state index contributed by atoms with van der Waals surface area (Å²) in [6.07, 6.45) is 3.52. The van der Waals surface area contributed by atoms with Gasteiger partial charge in [-0.15, -0.1) is 11.3 Å². The third kappa shape index (κ3) is 4.38. The van der Waals surface area contributed by atoms with Crippen molar-refractivity contribution in [2.75, 3.05) is 26.3 Å². The summed E-state index contributed by atoms with van der Waals surface area (Å²) in [7, 11) is -3.56. The summed E-state index contributed by atoms with van der Waals surface area (Å²) in [5.41, 5.74) is 1.01. The van der Waals surface area contributed by atoms with E-state index in [0.29, 0.717) is 42.7 Å². The Morgan fingerprint density at radius 3 is 2.62 bits per heavy atom. The van der Waals surface area contributed by atoms with Gasteiger partial charge in [-0.1, -0.05) is 6.07 Å². The van der Waals surface area contributed by atoms with E-state index in [0.717, 1.165) is 34.8 Å². The van der Waals surface area contributed by atoms with E-state index in [1.807, 2.05) is 31.2 Å². The number of carbonyl (C=O) groups excluding carboxylic acids is 1. The Bertz CT molecular complexity index is 1110. The lowest BCUT2D eigenvalue weighted by atomic mass is 9.96. The first kappa shape index (κ1) is 21.7. The molecule has 5 rings (SSSR count). The third-order valence-electron chi connectivity index (χ3n) is 6.38. The van der Waals surface area contributed by atoms with Crippen molar-refractivity contribution in [2.24, 2.45) is 11.8 Å². The van der Waals surface area contributed by atoms with Crippen LogP contribution in [0, 0.1) is 18.8 Å². The van der Waals surface area contributed by atoms with Crippen LogP contribution in [0.5, 0.6) is 11.5 Å². The van der Waals surface area contributed by atoms with Gasteiger partial charge in [-0.05, 0) is 68.4 Å². The molecule has 2 aromatic rings. The van der Waals surface area contributed by atoms with Crippen LogP contribution >= 0.6 is 11.3 Å². The molecule has 9 heteroatoms. The van der Waals surface area contributed by atoms with Crippen LogP contribution in [0.1, 0.15) is 42.2 Å². The Labute approximate surface area is 192 Å². The van der Waals surface area contributed by atoms with Crippen LogP contribution in [-0.2, 0) is 14.8 Å². The standard InChI is InChI=1S/C23H28N2O5S2/c1-15-4-9-21(31-15)32(27,28)25-10-2-3-18(14-25)23(26)24-22(16-5-6-16)17-7-8-19-20(13-17)30-12-11-29-19/h4,7-9,13,16,18,22H,2-3,5-6,10-12,14H2,1H3,(H,24,26). The molecule has 1 aromatic heterocycles. The number of fused-ring (bicyclic) bond motifs is 1. The molecule has 32 heavy (non-hydrogen) atoms. The summed E-state index contributed by atoms with van der Waals surface area (Å²) in [6, 6.07) is 9.25. The van der Waals surface area contributed by atoms with Crippen molar-refractivity contribution in [3.63, 3.8) is 0 Å². The van der Waals surface area contributed by atoms with Crippen LogP contribution in [0.4, 0.5) is 0 Å². The zero-order chi connectivity index (χ0) is 22.3. The third-order valence-corrected chi connectivity index (χ3v) is 9.71. The number of sulfonamides is 1. The van der Waals surface area contributed by atoms with Crippen LogP contribution in [0.2, 0.25) is 0 Å². The molecule has 0 spiro atoms. The number of thiophene rings is 1. The number of amides is 1. The van der Waals surface area contributed by atoms with Crippen LogP contribution in [0.15, 0.2) is 34.5 Å². The molecule has 2 fully saturated rings. The molecule has 0 radical (unpaired) electrons. The lowest BCUT2D eigenvalue weighted by molar-refractivity contribution is -0.127. The maximum Gasteiger partial charge on any atom is 0.252 e. The number of hydrogen-bond donors (Lipinski definition) is 1. The van der Waals surface area contributed by atoms with E-state index >= 15 is 0 Å². The largest absolute Gasteiger partial charge is 0.486 e. The summed E-state index contributed by atoms with van der Waals surface area (Å²) in [5, 5.41) is 3.23. The smallest absolute Gasteiger partial charge is 0.252 e. The fourth-order valence-electron chi connectivity index (χ4n) is 4.48. The molecule has 172 valence electrons. The van der Waals surface area contributed by atoms with Gasteiger partial charge in [0.1, 0.15) is 17.4 Å². The molecule has 1 aromatic carbocycles. The Balaban J connectivity index is 1.30. The highest BCUT2D eigenvalue weighted by Crippen LogP contribution is 2.43. The van der Waals surface area contributed by atoms with Gasteiger partial charge in [-0.2, -0.15) is 4.31 Å². The first-order chi connectivity index (χ1) is 15.4. The first-order valence-corrected chi connectivity index (χ1v) is 13.4. The lowest BCUT2D eigenvalue weighted by Gasteiger charge is -2.32. The number of aryl methyl sites for hydroxylation is 1. The van der Waals surface area contributed by atoms with Crippen molar-refractivity contribution in [3.05, 3.63) is 40.8 Å². The second kappa shape index (κ2) is 8.68. The van der Waals surface area contributed by atoms with Crippen molar-refractivity contribution in [2.45, 2.75) is 42.9 Å². The van der Waals surface area contributed by atoms with Crippen LogP contribution in [-0.4, -0.2) is 44.9 Å². The molecule has 1 aliphatic carbocycles. The van der Waals surface area contributed by atoms with E-state index in [2.05, 4.69) is 5.32 Å². The Morgan fingerprint density at radius 2 is 1.91 bits per heavy atom. The van der Waals surface area contributed by atoms with Gasteiger partial charge in [0.05, 0.1) is 12.0 Å². The Kier molecular flexibility index (Phi) is 5.90. The molecule has 0 bridgehead atoms. The fraction of sp³-hybridized carbons (Fsp3) is 0.522. The van der Waals surface area contributed by atoms with E-state index in [1.165, 1.54) is 15.6 Å². The molecule has 3 aliphatic rings. The van der Waals surface area contributed by atoms with E-state index < -0.39 is 10.0 Å². The Hall–Kier alpha value is -2.10. The van der Waals surface area contributed by atoms with Gasteiger partial charge in [-0.25, -0.2) is 8.42 Å². The number of nitrogens with zero attached hydrogens (tertiary/aromatic N) is 1. The lowest BCUT2D eigenvalue weighted by Crippen LogP contribution is -2.46. The maximum absolute atomic E-state index is 13.2. The van der Waals surface area contributed by atoms with E-state index in [-0.39, 0.29) is 24.4 Å². The zero-order valence-corrected chi connectivity index (χ0v) is 19.7. The van der Waals surface area contributed by atoms with Crippen LogP contribution < -0.4 is 14.8 Å². The van der Waals surface area contributed by atoms with Gasteiger partial charge in [0.25, 0.3) is 10.0 Å². The molecule has 2 unspecified atom stereocenters. The molecule has 3 heterocycles. The highest BCUT2D eigenvalue weighted by atomic mass is 32.2. The first-order valence-electron chi connectivity index (χ1n) is 11.2. The number of hydrogen-bond acceptors (Lipinski definition) is 6. The highest BCUT2D eigenvalue weighted by Gasteiger charge is 2.38. The van der Waals surface area contributed by atoms with Gasteiger partial charge in [0.15, 0.2) is 11.5 Å². The second-order valence-electron chi connectivity index (χ2n) is 8.79. The number of nitrogens with one attached hydrogen (secondary N) is 1. The molecule has 2 aliphatic heterocycles. The van der Waals surface area contributed by atoms with Gasteiger partial charge in [0.2, 0.25) is 5.91 Å². The predicted octanol–water partition coefficient (Wildman–Crippen LogP) is 3.50. The van der Waals surface area contributed by atoms with E-state index in [1.54, 1.807) is 6.07 Å². The van der Waals surface area contributed by atoms with Crippen molar-refractivity contribution in [1.29, 1.82) is 0 Å². The normalized spacial score (nSPS) is 22.3. The minimum absolute atomic E-state index is 0.0703. The number of benzene rings is 1.